The Labute approximate surface area is 98.8 Å². The van der Waals surface area contributed by atoms with Crippen LogP contribution in [0.2, 0.25) is 0 Å². The molecule has 0 fully saturated rings. The van der Waals surface area contributed by atoms with Gasteiger partial charge < -0.3 is 0 Å². The van der Waals surface area contributed by atoms with Gasteiger partial charge in [-0.3, -0.25) is 10.1 Å². The predicted molar refractivity (Wildman–Crippen MR) is 52.1 cm³/mol. The number of rotatable bonds is 2. The maximum atomic E-state index is 12.6. The first-order valence-electron chi connectivity index (χ1n) is 4.47. The Kier molecular flexibility index (Phi) is 3.53. The third kappa shape index (κ3) is 2.38. The Bertz CT molecular complexity index is 582. The van der Waals surface area contributed by atoms with Gasteiger partial charge in [0, 0.05) is 11.6 Å². The van der Waals surface area contributed by atoms with Crippen molar-refractivity contribution in [1.29, 1.82) is 10.5 Å². The number of benzene rings is 1. The molecule has 0 aliphatic heterocycles. The first-order valence-corrected chi connectivity index (χ1v) is 4.47. The van der Waals surface area contributed by atoms with E-state index in [-0.39, 0.29) is 0 Å². The summed E-state index contributed by atoms with van der Waals surface area (Å²) in [5.41, 5.74) is -3.33. The fraction of sp³-hybridized carbons (Fsp3) is 0.200. The van der Waals surface area contributed by atoms with Gasteiger partial charge in [-0.05, 0) is 6.07 Å². The zero-order valence-corrected chi connectivity index (χ0v) is 8.65. The van der Waals surface area contributed by atoms with Gasteiger partial charge in [0.1, 0.15) is 11.6 Å². The molecular weight excluding hydrogens is 251 g/mol. The van der Waals surface area contributed by atoms with Gasteiger partial charge in [-0.2, -0.15) is 23.7 Å². The standard InChI is InChI=1S/C10H4F3N3O2/c11-10(12,13)8-1-2-9(16(17)18)7(5-15)6(8)3-4-14/h1-2H,3H2. The summed E-state index contributed by atoms with van der Waals surface area (Å²) in [7, 11) is 0. The molecule has 0 saturated heterocycles. The van der Waals surface area contributed by atoms with Crippen LogP contribution in [-0.2, 0) is 12.6 Å². The number of nitrogens with zero attached hydrogens (tertiary/aromatic N) is 3. The van der Waals surface area contributed by atoms with Gasteiger partial charge in [0.15, 0.2) is 0 Å². The first kappa shape index (κ1) is 13.5. The molecular formula is C10H4F3N3O2. The molecule has 0 radical (unpaired) electrons. The molecule has 92 valence electrons. The molecule has 0 N–H and O–H groups in total. The van der Waals surface area contributed by atoms with Crippen LogP contribution in [0.15, 0.2) is 12.1 Å². The van der Waals surface area contributed by atoms with Gasteiger partial charge in [0.2, 0.25) is 0 Å². The van der Waals surface area contributed by atoms with Crippen LogP contribution in [0, 0.1) is 32.8 Å². The molecule has 0 heterocycles. The number of alkyl halides is 3. The molecule has 1 rings (SSSR count). The highest BCUT2D eigenvalue weighted by Crippen LogP contribution is 2.36. The highest BCUT2D eigenvalue weighted by molar-refractivity contribution is 5.57. The topological polar surface area (TPSA) is 90.7 Å². The lowest BCUT2D eigenvalue weighted by Gasteiger charge is -2.12. The van der Waals surface area contributed by atoms with Gasteiger partial charge in [0.25, 0.3) is 5.69 Å². The van der Waals surface area contributed by atoms with Crippen LogP contribution in [-0.4, -0.2) is 4.92 Å². The van der Waals surface area contributed by atoms with Gasteiger partial charge in [0.05, 0.1) is 23.0 Å². The van der Waals surface area contributed by atoms with Gasteiger partial charge in [-0.1, -0.05) is 0 Å². The summed E-state index contributed by atoms with van der Waals surface area (Å²) in [6.45, 7) is 0. The summed E-state index contributed by atoms with van der Waals surface area (Å²) in [6.07, 6.45) is -5.49. The molecule has 18 heavy (non-hydrogen) atoms. The molecule has 5 nitrogen and oxygen atoms in total. The summed E-state index contributed by atoms with van der Waals surface area (Å²) in [5.74, 6) is 0. The normalized spacial score (nSPS) is 10.5. The van der Waals surface area contributed by atoms with Crippen LogP contribution in [0.4, 0.5) is 18.9 Å². The molecule has 0 atom stereocenters. The highest BCUT2D eigenvalue weighted by atomic mass is 19.4. The molecule has 0 bridgehead atoms. The molecule has 0 aliphatic carbocycles. The number of hydrogen-bond acceptors (Lipinski definition) is 4. The number of halogens is 3. The number of nitro groups is 1. The quantitative estimate of drug-likeness (QED) is 0.599. The molecule has 1 aromatic rings. The van der Waals surface area contributed by atoms with E-state index < -0.39 is 39.9 Å². The Hall–Kier alpha value is -2.61. The van der Waals surface area contributed by atoms with Crippen molar-refractivity contribution in [2.24, 2.45) is 0 Å². The summed E-state index contributed by atoms with van der Waals surface area (Å²) in [5, 5.41) is 27.8. The molecule has 0 aliphatic rings. The third-order valence-electron chi connectivity index (χ3n) is 2.16. The number of hydrogen-bond donors (Lipinski definition) is 0. The zero-order chi connectivity index (χ0) is 13.9. The van der Waals surface area contributed by atoms with Crippen molar-refractivity contribution in [2.45, 2.75) is 12.6 Å². The van der Waals surface area contributed by atoms with E-state index in [1.165, 1.54) is 12.1 Å². The van der Waals surface area contributed by atoms with Crippen LogP contribution in [0.25, 0.3) is 0 Å². The zero-order valence-electron chi connectivity index (χ0n) is 8.65. The van der Waals surface area contributed by atoms with E-state index in [2.05, 4.69) is 0 Å². The smallest absolute Gasteiger partial charge is 0.258 e. The Morgan fingerprint density at radius 2 is 1.94 bits per heavy atom. The summed E-state index contributed by atoms with van der Waals surface area (Å²) in [4.78, 5) is 9.63. The van der Waals surface area contributed by atoms with Crippen LogP contribution in [0.3, 0.4) is 0 Å². The molecule has 1 aromatic carbocycles. The van der Waals surface area contributed by atoms with E-state index in [1.54, 1.807) is 0 Å². The van der Waals surface area contributed by atoms with E-state index in [0.717, 1.165) is 0 Å². The minimum Gasteiger partial charge on any atom is -0.258 e. The summed E-state index contributed by atoms with van der Waals surface area (Å²) in [6, 6.07) is 3.93. The average Bonchev–Trinajstić information content (AvgIpc) is 2.27. The van der Waals surface area contributed by atoms with Crippen molar-refractivity contribution in [2.75, 3.05) is 0 Å². The van der Waals surface area contributed by atoms with Gasteiger partial charge in [-0.15, -0.1) is 0 Å². The van der Waals surface area contributed by atoms with Crippen LogP contribution < -0.4 is 0 Å². The molecule has 0 unspecified atom stereocenters. The van der Waals surface area contributed by atoms with Crippen molar-refractivity contribution in [3.8, 4) is 12.1 Å². The summed E-state index contributed by atoms with van der Waals surface area (Å²) < 4.78 is 37.9. The monoisotopic (exact) mass is 255 g/mol. The fourth-order valence-corrected chi connectivity index (χ4v) is 1.44. The summed E-state index contributed by atoms with van der Waals surface area (Å²) >= 11 is 0. The maximum absolute atomic E-state index is 12.6. The van der Waals surface area contributed by atoms with Crippen molar-refractivity contribution < 1.29 is 18.1 Å². The van der Waals surface area contributed by atoms with E-state index >= 15 is 0 Å². The molecule has 0 aromatic heterocycles. The van der Waals surface area contributed by atoms with E-state index in [4.69, 9.17) is 10.5 Å². The largest absolute Gasteiger partial charge is 0.416 e. The van der Waals surface area contributed by atoms with E-state index in [1.807, 2.05) is 0 Å². The van der Waals surface area contributed by atoms with Crippen molar-refractivity contribution in [3.05, 3.63) is 38.9 Å². The van der Waals surface area contributed by atoms with Crippen molar-refractivity contribution in [3.63, 3.8) is 0 Å². The lowest BCUT2D eigenvalue weighted by molar-refractivity contribution is -0.385. The van der Waals surface area contributed by atoms with Crippen LogP contribution in [0.5, 0.6) is 0 Å². The Balaban J connectivity index is 3.66. The Morgan fingerprint density at radius 1 is 1.33 bits per heavy atom. The van der Waals surface area contributed by atoms with Crippen molar-refractivity contribution >= 4 is 5.69 Å². The van der Waals surface area contributed by atoms with E-state index in [9.17, 15) is 23.3 Å². The second kappa shape index (κ2) is 4.72. The Morgan fingerprint density at radius 3 is 2.33 bits per heavy atom. The first-order chi connectivity index (χ1) is 8.32. The van der Waals surface area contributed by atoms with Gasteiger partial charge >= 0.3 is 6.18 Å². The lowest BCUT2D eigenvalue weighted by atomic mass is 9.97. The molecule has 8 heteroatoms. The van der Waals surface area contributed by atoms with E-state index in [0.29, 0.717) is 12.1 Å². The second-order valence-corrected chi connectivity index (χ2v) is 3.19. The van der Waals surface area contributed by atoms with Crippen molar-refractivity contribution in [1.82, 2.24) is 0 Å². The maximum Gasteiger partial charge on any atom is 0.416 e. The minimum atomic E-state index is -4.77. The highest BCUT2D eigenvalue weighted by Gasteiger charge is 2.36. The average molecular weight is 255 g/mol. The second-order valence-electron chi connectivity index (χ2n) is 3.19. The van der Waals surface area contributed by atoms with Crippen LogP contribution in [0.1, 0.15) is 16.7 Å². The predicted octanol–water partition coefficient (Wildman–Crippen LogP) is 2.55. The number of nitriles is 2. The number of nitro benzene ring substituents is 1. The SMILES string of the molecule is N#CCc1c(C(F)(F)F)ccc([N+](=O)[O-])c1C#N. The molecule has 0 saturated carbocycles. The third-order valence-corrected chi connectivity index (χ3v) is 2.16. The molecule has 0 spiro atoms. The lowest BCUT2D eigenvalue weighted by Crippen LogP contribution is -2.11. The van der Waals surface area contributed by atoms with Gasteiger partial charge in [-0.25, -0.2) is 0 Å². The van der Waals surface area contributed by atoms with Crippen LogP contribution >= 0.6 is 0 Å². The molecule has 0 amide bonds. The minimum absolute atomic E-state index is 0.506. The fourth-order valence-electron chi connectivity index (χ4n) is 1.44.